The van der Waals surface area contributed by atoms with Crippen LogP contribution in [0.2, 0.25) is 0 Å². The molecule has 2 N–H and O–H groups in total. The van der Waals surface area contributed by atoms with Crippen LogP contribution in [0.25, 0.3) is 10.9 Å². The molecule has 34 heavy (non-hydrogen) atoms. The summed E-state index contributed by atoms with van der Waals surface area (Å²) in [5, 5.41) is 6.37. The first-order chi connectivity index (χ1) is 16.0. The highest BCUT2D eigenvalue weighted by Gasteiger charge is 2.33. The first-order valence-electron chi connectivity index (χ1n) is 10.6. The molecule has 0 spiro atoms. The number of piperidine rings is 1. The van der Waals surface area contributed by atoms with Crippen molar-refractivity contribution in [1.82, 2.24) is 9.29 Å². The van der Waals surface area contributed by atoms with Gasteiger partial charge >= 0.3 is 6.18 Å². The molecule has 180 valence electrons. The molecule has 0 atom stereocenters. The van der Waals surface area contributed by atoms with Crippen molar-refractivity contribution < 1.29 is 26.4 Å². The van der Waals surface area contributed by atoms with Gasteiger partial charge in [-0.1, -0.05) is 24.3 Å². The lowest BCUT2D eigenvalue weighted by Gasteiger charge is -2.29. The summed E-state index contributed by atoms with van der Waals surface area (Å²) in [5.74, 6) is -0.549. The van der Waals surface area contributed by atoms with E-state index in [2.05, 4.69) is 15.6 Å². The van der Waals surface area contributed by atoms with Gasteiger partial charge in [-0.25, -0.2) is 17.7 Å². The number of halogens is 3. The van der Waals surface area contributed by atoms with Crippen LogP contribution in [-0.4, -0.2) is 43.0 Å². The summed E-state index contributed by atoms with van der Waals surface area (Å²) in [5.41, 5.74) is 0.432. The van der Waals surface area contributed by atoms with Crippen molar-refractivity contribution >= 4 is 43.9 Å². The fourth-order valence-electron chi connectivity index (χ4n) is 3.95. The molecule has 0 saturated carbocycles. The van der Waals surface area contributed by atoms with E-state index in [0.29, 0.717) is 29.6 Å². The topological polar surface area (TPSA) is 91.4 Å². The van der Waals surface area contributed by atoms with Crippen molar-refractivity contribution in [3.8, 4) is 0 Å². The molecule has 1 aliphatic rings. The van der Waals surface area contributed by atoms with Crippen LogP contribution in [0.5, 0.6) is 0 Å². The Kier molecular flexibility index (Phi) is 6.50. The van der Waals surface area contributed by atoms with Gasteiger partial charge < -0.3 is 10.6 Å². The SMILES string of the molecule is CS(=O)(=O)N1CCC(C(=O)Nc2cccc(Nc3cc(C(F)(F)F)nc4ccccc34)c2)CC1. The first-order valence-corrected chi connectivity index (χ1v) is 12.5. The van der Waals surface area contributed by atoms with E-state index in [0.717, 1.165) is 12.3 Å². The van der Waals surface area contributed by atoms with E-state index in [1.165, 1.54) is 10.4 Å². The number of pyridine rings is 1. The zero-order valence-electron chi connectivity index (χ0n) is 18.3. The highest BCUT2D eigenvalue weighted by molar-refractivity contribution is 7.88. The molecule has 1 saturated heterocycles. The Morgan fingerprint density at radius 3 is 2.38 bits per heavy atom. The molecule has 2 aromatic carbocycles. The molecule has 1 aliphatic heterocycles. The Morgan fingerprint density at radius 1 is 1.03 bits per heavy atom. The minimum absolute atomic E-state index is 0.213. The van der Waals surface area contributed by atoms with Crippen LogP contribution in [0.15, 0.2) is 54.6 Å². The summed E-state index contributed by atoms with van der Waals surface area (Å²) in [6.45, 7) is 0.574. The Hall–Kier alpha value is -3.18. The predicted octanol–water partition coefficient (Wildman–Crippen LogP) is 4.61. The maximum atomic E-state index is 13.3. The van der Waals surface area contributed by atoms with E-state index in [4.69, 9.17) is 0 Å². The minimum atomic E-state index is -4.59. The summed E-state index contributed by atoms with van der Waals surface area (Å²) in [4.78, 5) is 16.4. The Labute approximate surface area is 195 Å². The number of hydrogen-bond donors (Lipinski definition) is 2. The van der Waals surface area contributed by atoms with Crippen molar-refractivity contribution in [1.29, 1.82) is 0 Å². The summed E-state index contributed by atoms with van der Waals surface area (Å²) >= 11 is 0. The molecular formula is C23H23F3N4O3S. The van der Waals surface area contributed by atoms with Gasteiger partial charge in [0.05, 0.1) is 17.5 Å². The van der Waals surface area contributed by atoms with Crippen molar-refractivity contribution in [2.45, 2.75) is 19.0 Å². The smallest absolute Gasteiger partial charge is 0.355 e. The largest absolute Gasteiger partial charge is 0.433 e. The third-order valence-electron chi connectivity index (χ3n) is 5.71. The molecular weight excluding hydrogens is 469 g/mol. The summed E-state index contributed by atoms with van der Waals surface area (Å²) in [6, 6.07) is 14.2. The number of sulfonamides is 1. The van der Waals surface area contributed by atoms with E-state index in [-0.39, 0.29) is 36.1 Å². The maximum absolute atomic E-state index is 13.3. The number of alkyl halides is 3. The number of amides is 1. The fourth-order valence-corrected chi connectivity index (χ4v) is 4.82. The molecule has 0 bridgehead atoms. The van der Waals surface area contributed by atoms with Gasteiger partial charge in [0, 0.05) is 35.8 Å². The Bertz CT molecular complexity index is 1320. The number of benzene rings is 2. The van der Waals surface area contributed by atoms with Gasteiger partial charge in [-0.2, -0.15) is 13.2 Å². The van der Waals surface area contributed by atoms with Crippen molar-refractivity contribution in [2.75, 3.05) is 30.0 Å². The molecule has 1 aromatic heterocycles. The molecule has 1 amide bonds. The zero-order chi connectivity index (χ0) is 24.5. The van der Waals surface area contributed by atoms with Crippen LogP contribution in [-0.2, 0) is 21.0 Å². The number of hydrogen-bond acceptors (Lipinski definition) is 5. The summed E-state index contributed by atoms with van der Waals surface area (Å²) in [7, 11) is -3.28. The highest BCUT2D eigenvalue weighted by atomic mass is 32.2. The van der Waals surface area contributed by atoms with Gasteiger partial charge in [0.15, 0.2) is 0 Å². The fraction of sp³-hybridized carbons (Fsp3) is 0.304. The number of carbonyl (C=O) groups is 1. The number of nitrogens with one attached hydrogen (secondary N) is 2. The standard InChI is InChI=1S/C23H23F3N4O3S/c1-34(32,33)30-11-9-15(10-12-30)22(31)28-17-6-4-5-16(13-17)27-20-14-21(23(24,25)26)29-19-8-3-2-7-18(19)20/h2-8,13-15H,9-12H2,1H3,(H,27,29)(H,28,31). The molecule has 0 unspecified atom stereocenters. The quantitative estimate of drug-likeness (QED) is 0.543. The van der Waals surface area contributed by atoms with Crippen molar-refractivity contribution in [3.63, 3.8) is 0 Å². The summed E-state index contributed by atoms with van der Waals surface area (Å²) < 4.78 is 64.7. The van der Waals surface area contributed by atoms with Gasteiger partial charge in [0.25, 0.3) is 0 Å². The number of rotatable bonds is 5. The third kappa shape index (κ3) is 5.48. The second-order valence-electron chi connectivity index (χ2n) is 8.20. The average molecular weight is 493 g/mol. The van der Waals surface area contributed by atoms with Crippen LogP contribution >= 0.6 is 0 Å². The van der Waals surface area contributed by atoms with E-state index in [1.807, 2.05) is 0 Å². The number of anilines is 3. The van der Waals surface area contributed by atoms with Gasteiger partial charge in [-0.3, -0.25) is 4.79 Å². The van der Waals surface area contributed by atoms with Crippen LogP contribution in [0, 0.1) is 5.92 Å². The van der Waals surface area contributed by atoms with Gasteiger partial charge in [-0.05, 0) is 43.2 Å². The maximum Gasteiger partial charge on any atom is 0.433 e. The first kappa shape index (κ1) is 24.0. The number of carbonyl (C=O) groups excluding carboxylic acids is 1. The van der Waals surface area contributed by atoms with E-state index < -0.39 is 21.9 Å². The third-order valence-corrected chi connectivity index (χ3v) is 7.01. The van der Waals surface area contributed by atoms with Crippen LogP contribution in [0.1, 0.15) is 18.5 Å². The number of aromatic nitrogens is 1. The summed E-state index contributed by atoms with van der Waals surface area (Å²) in [6.07, 6.45) is -2.61. The normalized spacial score (nSPS) is 15.9. The molecule has 1 fully saturated rings. The highest BCUT2D eigenvalue weighted by Crippen LogP contribution is 2.34. The van der Waals surface area contributed by atoms with Crippen molar-refractivity contribution in [3.05, 3.63) is 60.3 Å². The van der Waals surface area contributed by atoms with Gasteiger partial charge in [-0.15, -0.1) is 0 Å². The van der Waals surface area contributed by atoms with Crippen LogP contribution < -0.4 is 10.6 Å². The number of nitrogens with zero attached hydrogens (tertiary/aromatic N) is 2. The molecule has 3 aromatic rings. The van der Waals surface area contributed by atoms with E-state index in [1.54, 1.807) is 42.5 Å². The molecule has 11 heteroatoms. The van der Waals surface area contributed by atoms with Gasteiger partial charge in [0.1, 0.15) is 5.69 Å². The average Bonchev–Trinajstić information content (AvgIpc) is 2.78. The number of fused-ring (bicyclic) bond motifs is 1. The molecule has 0 radical (unpaired) electrons. The van der Waals surface area contributed by atoms with E-state index >= 15 is 0 Å². The monoisotopic (exact) mass is 492 g/mol. The lowest BCUT2D eigenvalue weighted by molar-refractivity contribution is -0.140. The predicted molar refractivity (Wildman–Crippen MR) is 124 cm³/mol. The van der Waals surface area contributed by atoms with Crippen molar-refractivity contribution in [2.24, 2.45) is 5.92 Å². The lowest BCUT2D eigenvalue weighted by atomic mass is 9.97. The van der Waals surface area contributed by atoms with E-state index in [9.17, 15) is 26.4 Å². The van der Waals surface area contributed by atoms with Crippen LogP contribution in [0.4, 0.5) is 30.2 Å². The molecule has 2 heterocycles. The zero-order valence-corrected chi connectivity index (χ0v) is 19.1. The lowest BCUT2D eigenvalue weighted by Crippen LogP contribution is -2.40. The second kappa shape index (κ2) is 9.22. The molecule has 4 rings (SSSR count). The second-order valence-corrected chi connectivity index (χ2v) is 10.2. The minimum Gasteiger partial charge on any atom is -0.355 e. The molecule has 7 nitrogen and oxygen atoms in total. The van der Waals surface area contributed by atoms with Gasteiger partial charge in [0.2, 0.25) is 15.9 Å². The Balaban J connectivity index is 1.51. The molecule has 0 aliphatic carbocycles. The number of para-hydroxylation sites is 1. The Morgan fingerprint density at radius 2 is 1.71 bits per heavy atom. The van der Waals surface area contributed by atoms with Crippen LogP contribution in [0.3, 0.4) is 0 Å².